The maximum absolute atomic E-state index is 13.2. The van der Waals surface area contributed by atoms with E-state index >= 15 is 0 Å². The zero-order valence-corrected chi connectivity index (χ0v) is 28.2. The molecular formula is C34H45NO11. The van der Waals surface area contributed by atoms with Crippen LogP contribution in [0.25, 0.3) is 0 Å². The number of hydrogen-bond donors (Lipinski definition) is 0. The van der Waals surface area contributed by atoms with Crippen LogP contribution >= 0.6 is 0 Å². The lowest BCUT2D eigenvalue weighted by Gasteiger charge is -2.38. The molecule has 0 saturated carbocycles. The van der Waals surface area contributed by atoms with Crippen LogP contribution in [0.5, 0.6) is 11.5 Å². The second kappa shape index (κ2) is 15.4. The molecule has 1 heterocycles. The summed E-state index contributed by atoms with van der Waals surface area (Å²) in [6, 6.07) is 11.9. The summed E-state index contributed by atoms with van der Waals surface area (Å²) < 4.78 is 38.1. The molecule has 0 bridgehead atoms. The lowest BCUT2D eigenvalue weighted by atomic mass is 9.91. The highest BCUT2D eigenvalue weighted by Gasteiger charge is 2.46. The van der Waals surface area contributed by atoms with Crippen molar-refractivity contribution in [1.82, 2.24) is 4.90 Å². The zero-order chi connectivity index (χ0) is 34.3. The Morgan fingerprint density at radius 2 is 1.43 bits per heavy atom. The van der Waals surface area contributed by atoms with Gasteiger partial charge in [-0.1, -0.05) is 35.9 Å². The number of carbonyl (C=O) groups is 4. The molecular weight excluding hydrogens is 598 g/mol. The largest absolute Gasteiger partial charge is 0.470 e. The van der Waals surface area contributed by atoms with Crippen LogP contribution in [-0.4, -0.2) is 79.8 Å². The summed E-state index contributed by atoms with van der Waals surface area (Å²) in [4.78, 5) is 51.2. The molecule has 0 radical (unpaired) electrons. The number of carbonyl (C=O) groups excluding carboxylic acids is 4. The first-order chi connectivity index (χ1) is 21.5. The molecule has 0 aromatic heterocycles. The fraction of sp³-hybridized carbons (Fsp3) is 0.529. The number of ether oxygens (including phenoxy) is 7. The summed E-state index contributed by atoms with van der Waals surface area (Å²) in [5, 5.41) is 0. The number of rotatable bonds is 13. The van der Waals surface area contributed by atoms with Crippen molar-refractivity contribution in [2.45, 2.75) is 98.2 Å². The predicted octanol–water partition coefficient (Wildman–Crippen LogP) is 4.36. The SMILES string of the molecule is COC(CN(C)C(C)(C)Cc1cc(C)c2c(c1)OC(C(=O)OC(C)OC(C)=O)C(C(=O)OC(C)OC(C)=O)O2)c1cccc(C)c1. The second-order valence-electron chi connectivity index (χ2n) is 12.1. The van der Waals surface area contributed by atoms with Crippen LogP contribution in [-0.2, 0) is 49.3 Å². The molecule has 2 aromatic rings. The Kier molecular flexibility index (Phi) is 12.2. The van der Waals surface area contributed by atoms with Crippen molar-refractivity contribution >= 4 is 23.9 Å². The predicted molar refractivity (Wildman–Crippen MR) is 166 cm³/mol. The molecule has 0 spiro atoms. The fourth-order valence-corrected chi connectivity index (χ4v) is 5.18. The van der Waals surface area contributed by atoms with Gasteiger partial charge in [0.15, 0.2) is 11.5 Å². The highest BCUT2D eigenvalue weighted by Crippen LogP contribution is 2.40. The molecule has 5 unspecified atom stereocenters. The molecule has 46 heavy (non-hydrogen) atoms. The molecule has 0 fully saturated rings. The van der Waals surface area contributed by atoms with Gasteiger partial charge in [0, 0.05) is 46.9 Å². The van der Waals surface area contributed by atoms with E-state index in [1.807, 2.05) is 32.2 Å². The van der Waals surface area contributed by atoms with E-state index in [-0.39, 0.29) is 23.1 Å². The van der Waals surface area contributed by atoms with Gasteiger partial charge in [0.1, 0.15) is 0 Å². The number of aryl methyl sites for hydroxylation is 2. The summed E-state index contributed by atoms with van der Waals surface area (Å²) in [6.07, 6.45) is -5.28. The van der Waals surface area contributed by atoms with Crippen molar-refractivity contribution in [2.24, 2.45) is 0 Å². The van der Waals surface area contributed by atoms with E-state index in [1.54, 1.807) is 20.1 Å². The van der Waals surface area contributed by atoms with Crippen molar-refractivity contribution < 1.29 is 52.3 Å². The number of methoxy groups -OCH3 is 1. The highest BCUT2D eigenvalue weighted by molar-refractivity contribution is 5.87. The van der Waals surface area contributed by atoms with Crippen molar-refractivity contribution in [3.05, 3.63) is 58.7 Å². The molecule has 5 atom stereocenters. The first-order valence-electron chi connectivity index (χ1n) is 15.0. The molecule has 12 nitrogen and oxygen atoms in total. The van der Waals surface area contributed by atoms with Crippen molar-refractivity contribution in [2.75, 3.05) is 20.7 Å². The fourth-order valence-electron chi connectivity index (χ4n) is 5.18. The summed E-state index contributed by atoms with van der Waals surface area (Å²) in [5.41, 5.74) is 3.47. The van der Waals surface area contributed by atoms with E-state index in [0.717, 1.165) is 23.6 Å². The van der Waals surface area contributed by atoms with Gasteiger partial charge in [-0.15, -0.1) is 0 Å². The summed E-state index contributed by atoms with van der Waals surface area (Å²) in [6.45, 7) is 13.8. The van der Waals surface area contributed by atoms with Crippen LogP contribution in [0.15, 0.2) is 36.4 Å². The summed E-state index contributed by atoms with van der Waals surface area (Å²) in [7, 11) is 3.74. The Morgan fingerprint density at radius 1 is 0.870 bits per heavy atom. The molecule has 252 valence electrons. The van der Waals surface area contributed by atoms with Gasteiger partial charge in [-0.25, -0.2) is 9.59 Å². The second-order valence-corrected chi connectivity index (χ2v) is 12.1. The monoisotopic (exact) mass is 643 g/mol. The van der Waals surface area contributed by atoms with E-state index in [0.29, 0.717) is 18.5 Å². The molecule has 0 amide bonds. The van der Waals surface area contributed by atoms with Gasteiger partial charge in [-0.2, -0.15) is 0 Å². The van der Waals surface area contributed by atoms with Crippen molar-refractivity contribution in [1.29, 1.82) is 0 Å². The van der Waals surface area contributed by atoms with Crippen molar-refractivity contribution in [3.8, 4) is 11.5 Å². The van der Waals surface area contributed by atoms with Gasteiger partial charge < -0.3 is 33.2 Å². The van der Waals surface area contributed by atoms with Gasteiger partial charge in [0.25, 0.3) is 0 Å². The van der Waals surface area contributed by atoms with Crippen LogP contribution in [0.1, 0.15) is 69.9 Å². The van der Waals surface area contributed by atoms with E-state index in [4.69, 9.17) is 33.2 Å². The number of nitrogens with zero attached hydrogens (tertiary/aromatic N) is 1. The number of hydrogen-bond acceptors (Lipinski definition) is 12. The first-order valence-corrected chi connectivity index (χ1v) is 15.0. The Bertz CT molecular complexity index is 1420. The third-order valence-corrected chi connectivity index (χ3v) is 7.57. The molecule has 0 saturated heterocycles. The van der Waals surface area contributed by atoms with Gasteiger partial charge in [-0.05, 0) is 63.9 Å². The standard InChI is InChI=1S/C34H45NO11/c1-19-12-11-13-26(14-19)28(40-10)18-35(9)34(7,8)17-25-15-20(2)29-27(16-25)45-30(32(38)43-23(5)41-21(3)36)31(46-29)33(39)44-24(6)42-22(4)37/h11-16,23-24,28,30-31H,17-18H2,1-10H3. The van der Waals surface area contributed by atoms with Gasteiger partial charge in [0.2, 0.25) is 24.8 Å². The number of esters is 4. The van der Waals surface area contributed by atoms with E-state index in [2.05, 4.69) is 30.9 Å². The maximum atomic E-state index is 13.2. The zero-order valence-electron chi connectivity index (χ0n) is 28.2. The smallest absolute Gasteiger partial charge is 0.355 e. The van der Waals surface area contributed by atoms with Crippen LogP contribution in [0.4, 0.5) is 0 Å². The van der Waals surface area contributed by atoms with E-state index in [1.165, 1.54) is 20.8 Å². The Balaban J connectivity index is 1.86. The van der Waals surface area contributed by atoms with E-state index < -0.39 is 48.7 Å². The maximum Gasteiger partial charge on any atom is 0.355 e. The van der Waals surface area contributed by atoms with Gasteiger partial charge in [-0.3, -0.25) is 14.5 Å². The third kappa shape index (κ3) is 9.67. The average molecular weight is 644 g/mol. The first kappa shape index (κ1) is 36.3. The van der Waals surface area contributed by atoms with Crippen LogP contribution in [0.3, 0.4) is 0 Å². The summed E-state index contributed by atoms with van der Waals surface area (Å²) in [5.74, 6) is -2.90. The van der Waals surface area contributed by atoms with Crippen LogP contribution in [0.2, 0.25) is 0 Å². The number of fused-ring (bicyclic) bond motifs is 1. The molecule has 3 rings (SSSR count). The van der Waals surface area contributed by atoms with E-state index in [9.17, 15) is 19.2 Å². The minimum atomic E-state index is -1.62. The Morgan fingerprint density at radius 3 is 1.96 bits per heavy atom. The number of benzene rings is 2. The van der Waals surface area contributed by atoms with Gasteiger partial charge in [0.05, 0.1) is 6.10 Å². The third-order valence-electron chi connectivity index (χ3n) is 7.57. The quantitative estimate of drug-likeness (QED) is 0.227. The lowest BCUT2D eigenvalue weighted by Crippen LogP contribution is -2.52. The minimum Gasteiger partial charge on any atom is -0.470 e. The Hall–Kier alpha value is -4.16. The average Bonchev–Trinajstić information content (AvgIpc) is 2.93. The molecule has 12 heteroatoms. The summed E-state index contributed by atoms with van der Waals surface area (Å²) >= 11 is 0. The van der Waals surface area contributed by atoms with Gasteiger partial charge >= 0.3 is 23.9 Å². The highest BCUT2D eigenvalue weighted by atomic mass is 16.7. The minimum absolute atomic E-state index is 0.132. The molecule has 1 aliphatic rings. The topological polar surface area (TPSA) is 136 Å². The Labute approximate surface area is 270 Å². The molecule has 1 aliphatic heterocycles. The molecule has 2 aromatic carbocycles. The normalized spacial score (nSPS) is 17.8. The molecule has 0 aliphatic carbocycles. The molecule has 0 N–H and O–H groups in total. The lowest BCUT2D eigenvalue weighted by molar-refractivity contribution is -0.203. The van der Waals surface area contributed by atoms with Crippen LogP contribution in [0, 0.1) is 13.8 Å². The van der Waals surface area contributed by atoms with Crippen LogP contribution < -0.4 is 9.47 Å². The van der Waals surface area contributed by atoms with Crippen molar-refractivity contribution in [3.63, 3.8) is 0 Å². The number of likely N-dealkylation sites (N-methyl/N-ethyl adjacent to an activating group) is 1.